The number of anilines is 1. The van der Waals surface area contributed by atoms with Crippen molar-refractivity contribution in [3.63, 3.8) is 0 Å². The Morgan fingerprint density at radius 3 is 2.83 bits per heavy atom. The number of benzene rings is 1. The Balaban J connectivity index is 1.64. The molecule has 1 N–H and O–H groups in total. The lowest BCUT2D eigenvalue weighted by molar-refractivity contribution is -0.126. The second-order valence-electron chi connectivity index (χ2n) is 5.64. The SMILES string of the molecule is CCC1SC(=S)N(CCCCCC(=O)Nc2cccc(Cl)c2)C1=O. The molecule has 2 amide bonds. The molecule has 4 nitrogen and oxygen atoms in total. The van der Waals surface area contributed by atoms with Crippen molar-refractivity contribution in [3.8, 4) is 0 Å². The number of carbonyl (C=O) groups excluding carboxylic acids is 2. The van der Waals surface area contributed by atoms with Gasteiger partial charge in [0.25, 0.3) is 0 Å². The quantitative estimate of drug-likeness (QED) is 0.530. The van der Waals surface area contributed by atoms with Gasteiger partial charge in [-0.2, -0.15) is 0 Å². The molecule has 1 aliphatic rings. The number of unbranched alkanes of at least 4 members (excludes halogenated alkanes) is 2. The van der Waals surface area contributed by atoms with Crippen molar-refractivity contribution in [1.29, 1.82) is 0 Å². The summed E-state index contributed by atoms with van der Waals surface area (Å²) in [6, 6.07) is 7.10. The molecule has 0 saturated carbocycles. The molecule has 0 radical (unpaired) electrons. The van der Waals surface area contributed by atoms with Crippen LogP contribution in [0.5, 0.6) is 0 Å². The van der Waals surface area contributed by atoms with Gasteiger partial charge in [0.2, 0.25) is 11.8 Å². The van der Waals surface area contributed by atoms with E-state index >= 15 is 0 Å². The highest BCUT2D eigenvalue weighted by molar-refractivity contribution is 8.24. The van der Waals surface area contributed by atoms with Crippen LogP contribution in [-0.2, 0) is 9.59 Å². The van der Waals surface area contributed by atoms with Crippen molar-refractivity contribution in [3.05, 3.63) is 29.3 Å². The summed E-state index contributed by atoms with van der Waals surface area (Å²) in [4.78, 5) is 25.7. The minimum absolute atomic E-state index is 0.0130. The van der Waals surface area contributed by atoms with Crippen molar-refractivity contribution in [1.82, 2.24) is 4.90 Å². The van der Waals surface area contributed by atoms with E-state index in [4.69, 9.17) is 23.8 Å². The normalized spacial score (nSPS) is 17.4. The minimum Gasteiger partial charge on any atom is -0.326 e. The Morgan fingerprint density at radius 1 is 1.38 bits per heavy atom. The fourth-order valence-electron chi connectivity index (χ4n) is 2.48. The Bertz CT molecular complexity index is 624. The monoisotopic (exact) mass is 384 g/mol. The van der Waals surface area contributed by atoms with Gasteiger partial charge in [0.1, 0.15) is 4.32 Å². The molecule has 130 valence electrons. The van der Waals surface area contributed by atoms with E-state index in [1.54, 1.807) is 23.1 Å². The van der Waals surface area contributed by atoms with Crippen molar-refractivity contribution in [2.45, 2.75) is 44.3 Å². The summed E-state index contributed by atoms with van der Waals surface area (Å²) in [5, 5.41) is 3.42. The summed E-state index contributed by atoms with van der Waals surface area (Å²) < 4.78 is 0.686. The fourth-order valence-corrected chi connectivity index (χ4v) is 4.15. The van der Waals surface area contributed by atoms with Gasteiger partial charge in [0, 0.05) is 23.7 Å². The van der Waals surface area contributed by atoms with Crippen LogP contribution in [-0.4, -0.2) is 32.8 Å². The molecule has 0 aromatic heterocycles. The molecule has 1 unspecified atom stereocenters. The van der Waals surface area contributed by atoms with Crippen LogP contribution in [0.4, 0.5) is 5.69 Å². The standard InChI is InChI=1S/C17H21ClN2O2S2/c1-2-14-16(22)20(17(23)24-14)10-5-3-4-9-15(21)19-13-8-6-7-12(18)11-13/h6-8,11,14H,2-5,9-10H2,1H3,(H,19,21). The number of thiocarbonyl (C=S) groups is 1. The molecule has 0 aliphatic carbocycles. The van der Waals surface area contributed by atoms with Gasteiger partial charge in [-0.05, 0) is 37.5 Å². The van der Waals surface area contributed by atoms with Crippen LogP contribution < -0.4 is 5.32 Å². The maximum absolute atomic E-state index is 12.1. The Kier molecular flexibility index (Phi) is 7.52. The molecule has 24 heavy (non-hydrogen) atoms. The van der Waals surface area contributed by atoms with E-state index in [9.17, 15) is 9.59 Å². The van der Waals surface area contributed by atoms with Crippen molar-refractivity contribution >= 4 is 57.4 Å². The predicted molar refractivity (Wildman–Crippen MR) is 105 cm³/mol. The van der Waals surface area contributed by atoms with E-state index < -0.39 is 0 Å². The van der Waals surface area contributed by atoms with Crippen LogP contribution in [0.15, 0.2) is 24.3 Å². The van der Waals surface area contributed by atoms with Gasteiger partial charge in [-0.25, -0.2) is 0 Å². The molecule has 0 bridgehead atoms. The number of thioether (sulfide) groups is 1. The largest absolute Gasteiger partial charge is 0.326 e. The molecule has 1 aromatic rings. The van der Waals surface area contributed by atoms with Gasteiger partial charge in [-0.15, -0.1) is 0 Å². The lowest BCUT2D eigenvalue weighted by Gasteiger charge is -2.15. The zero-order valence-corrected chi connectivity index (χ0v) is 16.0. The van der Waals surface area contributed by atoms with Crippen molar-refractivity contribution in [2.75, 3.05) is 11.9 Å². The van der Waals surface area contributed by atoms with Crippen molar-refractivity contribution in [2.24, 2.45) is 0 Å². The summed E-state index contributed by atoms with van der Waals surface area (Å²) in [6.07, 6.45) is 3.79. The fraction of sp³-hybridized carbons (Fsp3) is 0.471. The van der Waals surface area contributed by atoms with Crippen LogP contribution in [0, 0.1) is 0 Å². The highest BCUT2D eigenvalue weighted by atomic mass is 35.5. The number of amides is 2. The molecule has 1 saturated heterocycles. The summed E-state index contributed by atoms with van der Waals surface area (Å²) in [5.74, 6) is 0.109. The zero-order chi connectivity index (χ0) is 17.5. The number of nitrogens with one attached hydrogen (secondary N) is 1. The van der Waals surface area contributed by atoms with Crippen molar-refractivity contribution < 1.29 is 9.59 Å². The molecule has 2 rings (SSSR count). The lowest BCUT2D eigenvalue weighted by atomic mass is 10.1. The topological polar surface area (TPSA) is 49.4 Å². The third-order valence-corrected chi connectivity index (χ3v) is 5.76. The van der Waals surface area contributed by atoms with Crippen LogP contribution in [0.3, 0.4) is 0 Å². The van der Waals surface area contributed by atoms with E-state index in [2.05, 4.69) is 5.32 Å². The van der Waals surface area contributed by atoms with Gasteiger partial charge in [-0.3, -0.25) is 14.5 Å². The maximum Gasteiger partial charge on any atom is 0.241 e. The Hall–Kier alpha value is -1.11. The number of hydrogen-bond donors (Lipinski definition) is 1. The van der Waals surface area contributed by atoms with E-state index in [0.717, 1.165) is 25.7 Å². The number of nitrogens with zero attached hydrogens (tertiary/aromatic N) is 1. The molecule has 1 fully saturated rings. The highest BCUT2D eigenvalue weighted by Gasteiger charge is 2.34. The second-order valence-corrected chi connectivity index (χ2v) is 7.91. The van der Waals surface area contributed by atoms with E-state index in [0.29, 0.717) is 28.0 Å². The first kappa shape index (κ1) is 19.2. The lowest BCUT2D eigenvalue weighted by Crippen LogP contribution is -2.32. The summed E-state index contributed by atoms with van der Waals surface area (Å²) >= 11 is 12.6. The van der Waals surface area contributed by atoms with Gasteiger partial charge < -0.3 is 5.32 Å². The molecule has 1 aliphatic heterocycles. The first-order valence-electron chi connectivity index (χ1n) is 8.08. The number of halogens is 1. The molecule has 0 spiro atoms. The van der Waals surface area contributed by atoms with Crippen LogP contribution in [0.1, 0.15) is 39.0 Å². The molecule has 1 atom stereocenters. The molecular formula is C17H21ClN2O2S2. The van der Waals surface area contributed by atoms with Crippen LogP contribution in [0.25, 0.3) is 0 Å². The second kappa shape index (κ2) is 9.39. The molecule has 7 heteroatoms. The van der Waals surface area contributed by atoms with E-state index in [-0.39, 0.29) is 17.1 Å². The predicted octanol–water partition coefficient (Wildman–Crippen LogP) is 4.48. The third kappa shape index (κ3) is 5.46. The third-order valence-electron chi connectivity index (χ3n) is 3.77. The minimum atomic E-state index is -0.0216. The Labute approximate surface area is 157 Å². The smallest absolute Gasteiger partial charge is 0.241 e. The van der Waals surface area contributed by atoms with Gasteiger partial charge in [-0.1, -0.05) is 55.0 Å². The van der Waals surface area contributed by atoms with Gasteiger partial charge in [0.15, 0.2) is 0 Å². The highest BCUT2D eigenvalue weighted by Crippen LogP contribution is 2.29. The van der Waals surface area contributed by atoms with E-state index in [1.165, 1.54) is 11.8 Å². The summed E-state index contributed by atoms with van der Waals surface area (Å²) in [6.45, 7) is 2.65. The van der Waals surface area contributed by atoms with E-state index in [1.807, 2.05) is 13.0 Å². The average molecular weight is 385 g/mol. The summed E-state index contributed by atoms with van der Waals surface area (Å²) in [7, 11) is 0. The average Bonchev–Trinajstić information content (AvgIpc) is 2.81. The molecule has 1 heterocycles. The number of carbonyl (C=O) groups is 2. The van der Waals surface area contributed by atoms with Crippen LogP contribution >= 0.6 is 35.6 Å². The maximum atomic E-state index is 12.1. The van der Waals surface area contributed by atoms with Crippen LogP contribution in [0.2, 0.25) is 5.02 Å². The zero-order valence-electron chi connectivity index (χ0n) is 13.6. The molecule has 1 aromatic carbocycles. The number of rotatable bonds is 8. The first-order valence-corrected chi connectivity index (χ1v) is 9.75. The first-order chi connectivity index (χ1) is 11.5. The van der Waals surface area contributed by atoms with Gasteiger partial charge >= 0.3 is 0 Å². The Morgan fingerprint density at radius 2 is 2.17 bits per heavy atom. The molecular weight excluding hydrogens is 364 g/mol. The number of hydrogen-bond acceptors (Lipinski definition) is 4. The van der Waals surface area contributed by atoms with Gasteiger partial charge in [0.05, 0.1) is 5.25 Å². The summed E-state index contributed by atoms with van der Waals surface area (Å²) in [5.41, 5.74) is 0.711.